The predicted octanol–water partition coefficient (Wildman–Crippen LogP) is 1.93. The van der Waals surface area contributed by atoms with Crippen LogP contribution in [0.5, 0.6) is 0 Å². The van der Waals surface area contributed by atoms with Crippen LogP contribution in [-0.2, 0) is 19.1 Å². The van der Waals surface area contributed by atoms with Crippen LogP contribution in [0.15, 0.2) is 42.5 Å². The van der Waals surface area contributed by atoms with Crippen LogP contribution in [0, 0.1) is 18.8 Å². The molecule has 1 aromatic rings. The van der Waals surface area contributed by atoms with Crippen LogP contribution in [0.4, 0.5) is 5.69 Å². The number of carbonyl (C=O) groups excluding carboxylic acids is 3. The Morgan fingerprint density at radius 2 is 1.83 bits per heavy atom. The third-order valence-electron chi connectivity index (χ3n) is 7.94. The first-order chi connectivity index (χ1) is 16.7. The van der Waals surface area contributed by atoms with Crippen molar-refractivity contribution in [3.05, 3.63) is 53.1 Å². The normalized spacial score (nSPS) is 34.1. The number of likely N-dealkylation sites (tertiary alicyclic amines) is 1. The molecule has 2 fully saturated rings. The van der Waals surface area contributed by atoms with Crippen molar-refractivity contribution in [2.75, 3.05) is 38.2 Å². The van der Waals surface area contributed by atoms with E-state index in [2.05, 4.69) is 0 Å². The lowest BCUT2D eigenvalue weighted by Crippen LogP contribution is -2.56. The summed E-state index contributed by atoms with van der Waals surface area (Å²) in [6.45, 7) is 4.12. The zero-order chi connectivity index (χ0) is 25.1. The maximum Gasteiger partial charge on any atom is 0.253 e. The van der Waals surface area contributed by atoms with Crippen LogP contribution < -0.4 is 4.90 Å². The number of para-hydroxylation sites is 1. The lowest BCUT2D eigenvalue weighted by atomic mass is 9.73. The van der Waals surface area contributed by atoms with Crippen molar-refractivity contribution in [1.29, 1.82) is 0 Å². The molecule has 0 radical (unpaired) electrons. The lowest BCUT2D eigenvalue weighted by Gasteiger charge is -2.38. The molecule has 1 N–H and O–H groups in total. The number of rotatable bonds is 4. The van der Waals surface area contributed by atoms with Gasteiger partial charge in [-0.1, -0.05) is 55.0 Å². The molecule has 4 heterocycles. The van der Waals surface area contributed by atoms with Crippen molar-refractivity contribution in [3.8, 4) is 0 Å². The van der Waals surface area contributed by atoms with E-state index in [1.165, 1.54) is 4.90 Å². The van der Waals surface area contributed by atoms with Crippen molar-refractivity contribution < 1.29 is 24.2 Å². The topological polar surface area (TPSA) is 90.4 Å². The molecule has 35 heavy (non-hydrogen) atoms. The van der Waals surface area contributed by atoms with Crippen LogP contribution in [-0.4, -0.2) is 83.2 Å². The van der Waals surface area contributed by atoms with Gasteiger partial charge in [0.25, 0.3) is 5.91 Å². The largest absolute Gasteiger partial charge is 0.395 e. The first-order valence-corrected chi connectivity index (χ1v) is 12.4. The Kier molecular flexibility index (Phi) is 5.81. The molecule has 1 aromatic carbocycles. The van der Waals surface area contributed by atoms with Crippen LogP contribution >= 0.6 is 11.6 Å². The summed E-state index contributed by atoms with van der Waals surface area (Å²) in [5.74, 6) is -2.54. The van der Waals surface area contributed by atoms with Gasteiger partial charge >= 0.3 is 0 Å². The van der Waals surface area contributed by atoms with Gasteiger partial charge in [0.1, 0.15) is 11.6 Å². The number of hydrogen-bond donors (Lipinski definition) is 1. The highest BCUT2D eigenvalue weighted by Gasteiger charge is 2.75. The standard InChI is InChI=1S/C26H30ClN3O5/c1-4-25-10-6-12-28(3)22(32)18(25)19-23(33)30(14-15-31)21-24(34)29(13-7-11-26(19,21)35-25)20-16(2)8-5-9-17(20)27/h5-11,18-19,21,31H,4,12-15H2,1-3H3/t18-,19+,21?,25+,26+/m1/s1. The summed E-state index contributed by atoms with van der Waals surface area (Å²) < 4.78 is 6.81. The summed E-state index contributed by atoms with van der Waals surface area (Å²) in [6, 6.07) is 4.39. The molecule has 0 aliphatic carbocycles. The second-order valence-corrected chi connectivity index (χ2v) is 10.2. The number of benzene rings is 1. The molecule has 9 heteroatoms. The number of likely N-dealkylation sites (N-methyl/N-ethyl adjacent to an activating group) is 1. The van der Waals surface area contributed by atoms with E-state index >= 15 is 0 Å². The molecule has 8 nitrogen and oxygen atoms in total. The first kappa shape index (κ1) is 24.0. The van der Waals surface area contributed by atoms with Gasteiger partial charge in [0.15, 0.2) is 0 Å². The fourth-order valence-corrected chi connectivity index (χ4v) is 6.72. The minimum absolute atomic E-state index is 0.0360. The van der Waals surface area contributed by atoms with E-state index in [1.54, 1.807) is 29.0 Å². The average Bonchev–Trinajstić information content (AvgIpc) is 3.12. The number of aryl methyl sites for hydroxylation is 1. The van der Waals surface area contributed by atoms with Gasteiger partial charge in [-0.15, -0.1) is 0 Å². The number of amides is 3. The van der Waals surface area contributed by atoms with Crippen LogP contribution in [0.1, 0.15) is 18.9 Å². The van der Waals surface area contributed by atoms with Gasteiger partial charge in [-0.25, -0.2) is 0 Å². The number of fused-ring (bicyclic) bond motifs is 2. The van der Waals surface area contributed by atoms with E-state index in [0.717, 1.165) is 5.56 Å². The van der Waals surface area contributed by atoms with Gasteiger partial charge in [0.2, 0.25) is 11.8 Å². The number of aliphatic hydroxyl groups is 1. The van der Waals surface area contributed by atoms with E-state index < -0.39 is 29.1 Å². The molecule has 5 atom stereocenters. The molecule has 3 amide bonds. The number of nitrogens with zero attached hydrogens (tertiary/aromatic N) is 3. The molecule has 2 saturated heterocycles. The highest BCUT2D eigenvalue weighted by atomic mass is 35.5. The van der Waals surface area contributed by atoms with E-state index in [-0.39, 0.29) is 37.4 Å². The fraction of sp³-hybridized carbons (Fsp3) is 0.500. The van der Waals surface area contributed by atoms with Crippen molar-refractivity contribution >= 4 is 35.0 Å². The van der Waals surface area contributed by atoms with Gasteiger partial charge in [0, 0.05) is 26.7 Å². The van der Waals surface area contributed by atoms with Crippen molar-refractivity contribution in [3.63, 3.8) is 0 Å². The lowest BCUT2D eigenvalue weighted by molar-refractivity contribution is -0.149. The zero-order valence-electron chi connectivity index (χ0n) is 20.1. The summed E-state index contributed by atoms with van der Waals surface area (Å²) >= 11 is 6.53. The van der Waals surface area contributed by atoms with Gasteiger partial charge < -0.3 is 24.5 Å². The molecule has 0 aromatic heterocycles. The van der Waals surface area contributed by atoms with Crippen LogP contribution in [0.2, 0.25) is 5.02 Å². The average molecular weight is 500 g/mol. The van der Waals surface area contributed by atoms with Gasteiger partial charge in [-0.2, -0.15) is 0 Å². The first-order valence-electron chi connectivity index (χ1n) is 12.0. The van der Waals surface area contributed by atoms with Gasteiger partial charge in [-0.05, 0) is 25.0 Å². The molecule has 1 unspecified atom stereocenters. The van der Waals surface area contributed by atoms with Crippen molar-refractivity contribution in [1.82, 2.24) is 9.80 Å². The smallest absolute Gasteiger partial charge is 0.253 e. The molecule has 186 valence electrons. The number of ether oxygens (including phenoxy) is 1. The number of anilines is 1. The van der Waals surface area contributed by atoms with E-state index in [9.17, 15) is 19.5 Å². The third kappa shape index (κ3) is 3.23. The van der Waals surface area contributed by atoms with E-state index in [1.807, 2.05) is 44.2 Å². The highest BCUT2D eigenvalue weighted by Crippen LogP contribution is 2.58. The quantitative estimate of drug-likeness (QED) is 0.639. The molecule has 5 rings (SSSR count). The van der Waals surface area contributed by atoms with Crippen LogP contribution in [0.25, 0.3) is 0 Å². The summed E-state index contributed by atoms with van der Waals surface area (Å²) in [5.41, 5.74) is -0.946. The maximum atomic E-state index is 14.3. The third-order valence-corrected chi connectivity index (χ3v) is 8.25. The number of halogens is 1. The molecule has 4 aliphatic heterocycles. The van der Waals surface area contributed by atoms with Gasteiger partial charge in [0.05, 0.1) is 34.8 Å². The predicted molar refractivity (Wildman–Crippen MR) is 131 cm³/mol. The summed E-state index contributed by atoms with van der Waals surface area (Å²) in [5, 5.41) is 10.2. The van der Waals surface area contributed by atoms with E-state index in [0.29, 0.717) is 23.7 Å². The Labute approximate surface area is 209 Å². The monoisotopic (exact) mass is 499 g/mol. The Hall–Kier alpha value is -2.68. The number of carbonyl (C=O) groups is 3. The summed E-state index contributed by atoms with van der Waals surface area (Å²) in [4.78, 5) is 46.4. The molecule has 0 saturated carbocycles. The summed E-state index contributed by atoms with van der Waals surface area (Å²) in [7, 11) is 1.71. The van der Waals surface area contributed by atoms with Gasteiger partial charge in [-0.3, -0.25) is 14.4 Å². The second-order valence-electron chi connectivity index (χ2n) is 9.75. The minimum atomic E-state index is -1.34. The maximum absolute atomic E-state index is 14.3. The zero-order valence-corrected chi connectivity index (χ0v) is 20.9. The Morgan fingerprint density at radius 3 is 2.51 bits per heavy atom. The Morgan fingerprint density at radius 1 is 1.09 bits per heavy atom. The Bertz CT molecular complexity index is 1130. The number of hydrogen-bond acceptors (Lipinski definition) is 5. The highest BCUT2D eigenvalue weighted by molar-refractivity contribution is 6.34. The number of β-amino-alcohol motifs (C(OH)–C–C–N with tert-alkyl or cyclic N) is 1. The second kappa shape index (κ2) is 8.47. The van der Waals surface area contributed by atoms with Crippen LogP contribution in [0.3, 0.4) is 0 Å². The minimum Gasteiger partial charge on any atom is -0.395 e. The SMILES string of the molecule is CC[C@]12C=CCN(C)C(=O)[C@H]1[C@H]1C(=O)N(CCO)C3C(=O)N(c4c(C)cccc4Cl)CC=C[C@@]31O2. The molecule has 4 aliphatic rings. The van der Waals surface area contributed by atoms with E-state index in [4.69, 9.17) is 16.3 Å². The van der Waals surface area contributed by atoms with Crippen molar-refractivity contribution in [2.24, 2.45) is 11.8 Å². The fourth-order valence-electron chi connectivity index (χ4n) is 6.40. The Balaban J connectivity index is 1.69. The van der Waals surface area contributed by atoms with Crippen molar-refractivity contribution in [2.45, 2.75) is 37.5 Å². The summed E-state index contributed by atoms with van der Waals surface area (Å²) in [6.07, 6.45) is 7.89. The molecule has 0 bridgehead atoms. The molecule has 1 spiro atoms. The molecular formula is C26H30ClN3O5. The molecular weight excluding hydrogens is 470 g/mol. The number of aliphatic hydroxyl groups excluding tert-OH is 1.